The number of carbonyl (C=O) groups is 2. The predicted octanol–water partition coefficient (Wildman–Crippen LogP) is 0.978. The molecule has 7 heteroatoms. The highest BCUT2D eigenvalue weighted by molar-refractivity contribution is 6.01. The molecule has 0 spiro atoms. The summed E-state index contributed by atoms with van der Waals surface area (Å²) >= 11 is 0. The van der Waals surface area contributed by atoms with Gasteiger partial charge in [-0.3, -0.25) is 14.3 Å². The lowest BCUT2D eigenvalue weighted by Gasteiger charge is -2.22. The van der Waals surface area contributed by atoms with Gasteiger partial charge in [0.25, 0.3) is 0 Å². The first-order valence-corrected chi connectivity index (χ1v) is 8.38. The van der Waals surface area contributed by atoms with Crippen LogP contribution in [0.1, 0.15) is 24.9 Å². The minimum Gasteiger partial charge on any atom is -0.344 e. The van der Waals surface area contributed by atoms with Crippen LogP contribution < -0.4 is 16.0 Å². The Bertz CT molecular complexity index is 758. The molecule has 1 aliphatic heterocycles. The maximum Gasteiger partial charge on any atom is 0.249 e. The fourth-order valence-electron chi connectivity index (χ4n) is 3.05. The van der Waals surface area contributed by atoms with Crippen molar-refractivity contribution >= 4 is 17.5 Å². The monoisotopic (exact) mass is 341 g/mol. The normalized spacial score (nSPS) is 19.7. The SMILES string of the molecule is CC(C(=O)NC1CCN(c2cnn(C)c2)C1=O)C(N)c1ccccc1. The van der Waals surface area contributed by atoms with E-state index in [2.05, 4.69) is 10.4 Å². The van der Waals surface area contributed by atoms with Gasteiger partial charge >= 0.3 is 0 Å². The number of rotatable bonds is 5. The van der Waals surface area contributed by atoms with Crippen LogP contribution in [0.4, 0.5) is 5.69 Å². The quantitative estimate of drug-likeness (QED) is 0.848. The van der Waals surface area contributed by atoms with Crippen LogP contribution in [0.25, 0.3) is 0 Å². The molecule has 0 bridgehead atoms. The third-order valence-electron chi connectivity index (χ3n) is 4.66. The zero-order chi connectivity index (χ0) is 18.0. The van der Waals surface area contributed by atoms with Crippen LogP contribution in [0.5, 0.6) is 0 Å². The minimum atomic E-state index is -0.516. The van der Waals surface area contributed by atoms with Crippen molar-refractivity contribution in [3.05, 3.63) is 48.3 Å². The number of hydrogen-bond acceptors (Lipinski definition) is 4. The molecule has 7 nitrogen and oxygen atoms in total. The molecule has 0 saturated carbocycles. The van der Waals surface area contributed by atoms with Crippen LogP contribution in [0.3, 0.4) is 0 Å². The van der Waals surface area contributed by atoms with Crippen molar-refractivity contribution in [1.29, 1.82) is 0 Å². The molecular formula is C18H23N5O2. The second-order valence-corrected chi connectivity index (χ2v) is 6.44. The fourth-order valence-corrected chi connectivity index (χ4v) is 3.05. The van der Waals surface area contributed by atoms with E-state index in [1.807, 2.05) is 30.3 Å². The fraction of sp³-hybridized carbons (Fsp3) is 0.389. The van der Waals surface area contributed by atoms with E-state index in [0.717, 1.165) is 11.3 Å². The molecule has 3 N–H and O–H groups in total. The zero-order valence-electron chi connectivity index (χ0n) is 14.4. The highest BCUT2D eigenvalue weighted by Gasteiger charge is 2.35. The Hall–Kier alpha value is -2.67. The standard InChI is InChI=1S/C18H23N5O2/c1-12(16(19)13-6-4-3-5-7-13)17(24)21-15-8-9-23(18(15)25)14-10-20-22(2)11-14/h3-7,10-12,15-16H,8-9,19H2,1-2H3,(H,21,24). The van der Waals surface area contributed by atoms with Gasteiger partial charge in [0.2, 0.25) is 11.8 Å². The number of nitrogens with two attached hydrogens (primary N) is 1. The average Bonchev–Trinajstić information content (AvgIpc) is 3.20. The van der Waals surface area contributed by atoms with Crippen molar-refractivity contribution in [3.63, 3.8) is 0 Å². The van der Waals surface area contributed by atoms with Gasteiger partial charge in [0.1, 0.15) is 6.04 Å². The van der Waals surface area contributed by atoms with Crippen LogP contribution in [0, 0.1) is 5.92 Å². The summed E-state index contributed by atoms with van der Waals surface area (Å²) in [5, 5.41) is 6.93. The first kappa shape index (κ1) is 17.2. The average molecular weight is 341 g/mol. The molecule has 2 amide bonds. The molecule has 1 aliphatic rings. The van der Waals surface area contributed by atoms with Crippen LogP contribution in [-0.4, -0.2) is 34.2 Å². The van der Waals surface area contributed by atoms with E-state index in [9.17, 15) is 9.59 Å². The second-order valence-electron chi connectivity index (χ2n) is 6.44. The number of nitrogens with one attached hydrogen (secondary N) is 1. The molecule has 1 saturated heterocycles. The molecule has 132 valence electrons. The van der Waals surface area contributed by atoms with Crippen LogP contribution in [-0.2, 0) is 16.6 Å². The number of hydrogen-bond donors (Lipinski definition) is 2. The van der Waals surface area contributed by atoms with Crippen LogP contribution in [0.2, 0.25) is 0 Å². The van der Waals surface area contributed by atoms with Gasteiger partial charge in [-0.05, 0) is 12.0 Å². The maximum absolute atomic E-state index is 12.6. The summed E-state index contributed by atoms with van der Waals surface area (Å²) in [7, 11) is 1.80. The number of aryl methyl sites for hydroxylation is 1. The molecule has 25 heavy (non-hydrogen) atoms. The summed E-state index contributed by atoms with van der Waals surface area (Å²) < 4.78 is 1.65. The number of aromatic nitrogens is 2. The summed E-state index contributed by atoms with van der Waals surface area (Å²) in [4.78, 5) is 26.7. The summed E-state index contributed by atoms with van der Waals surface area (Å²) in [6.45, 7) is 2.35. The van der Waals surface area contributed by atoms with Crippen molar-refractivity contribution in [3.8, 4) is 0 Å². The van der Waals surface area contributed by atoms with E-state index in [1.54, 1.807) is 35.9 Å². The first-order valence-electron chi connectivity index (χ1n) is 8.38. The van der Waals surface area contributed by atoms with Crippen molar-refractivity contribution in [2.75, 3.05) is 11.4 Å². The predicted molar refractivity (Wildman–Crippen MR) is 94.6 cm³/mol. The Morgan fingerprint density at radius 1 is 1.36 bits per heavy atom. The van der Waals surface area contributed by atoms with Gasteiger partial charge in [0.05, 0.1) is 17.8 Å². The second kappa shape index (κ2) is 7.06. The summed E-state index contributed by atoms with van der Waals surface area (Å²) in [5.74, 6) is -0.743. The van der Waals surface area contributed by atoms with E-state index >= 15 is 0 Å². The molecule has 2 heterocycles. The molecule has 0 radical (unpaired) electrons. The van der Waals surface area contributed by atoms with E-state index in [1.165, 1.54) is 0 Å². The van der Waals surface area contributed by atoms with E-state index in [-0.39, 0.29) is 11.8 Å². The highest BCUT2D eigenvalue weighted by atomic mass is 16.2. The molecule has 1 aromatic heterocycles. The Kier molecular flexibility index (Phi) is 4.85. The van der Waals surface area contributed by atoms with Gasteiger partial charge in [0, 0.05) is 25.8 Å². The first-order chi connectivity index (χ1) is 12.0. The molecule has 3 rings (SSSR count). The maximum atomic E-state index is 12.6. The van der Waals surface area contributed by atoms with Gasteiger partial charge in [-0.25, -0.2) is 0 Å². The molecule has 3 unspecified atom stereocenters. The summed E-state index contributed by atoms with van der Waals surface area (Å²) in [5.41, 5.74) is 7.85. The van der Waals surface area contributed by atoms with Gasteiger partial charge in [-0.15, -0.1) is 0 Å². The lowest BCUT2D eigenvalue weighted by molar-refractivity contribution is -0.129. The van der Waals surface area contributed by atoms with Gasteiger partial charge in [0.15, 0.2) is 0 Å². The summed E-state index contributed by atoms with van der Waals surface area (Å²) in [6, 6.07) is 8.58. The number of amides is 2. The van der Waals surface area contributed by atoms with Crippen molar-refractivity contribution in [2.45, 2.75) is 25.4 Å². The Morgan fingerprint density at radius 2 is 2.08 bits per heavy atom. The number of anilines is 1. The Balaban J connectivity index is 1.62. The van der Waals surface area contributed by atoms with Gasteiger partial charge < -0.3 is 16.0 Å². The number of nitrogens with zero attached hydrogens (tertiary/aromatic N) is 3. The topological polar surface area (TPSA) is 93.2 Å². The molecule has 3 atom stereocenters. The van der Waals surface area contributed by atoms with Gasteiger partial charge in [-0.1, -0.05) is 37.3 Å². The smallest absolute Gasteiger partial charge is 0.249 e. The van der Waals surface area contributed by atoms with Crippen molar-refractivity contribution in [1.82, 2.24) is 15.1 Å². The van der Waals surface area contributed by atoms with E-state index in [0.29, 0.717) is 13.0 Å². The molecule has 2 aromatic rings. The van der Waals surface area contributed by atoms with Crippen molar-refractivity contribution < 1.29 is 9.59 Å². The number of benzene rings is 1. The zero-order valence-corrected chi connectivity index (χ0v) is 14.4. The lowest BCUT2D eigenvalue weighted by Crippen LogP contribution is -2.45. The van der Waals surface area contributed by atoms with E-state index < -0.39 is 18.0 Å². The molecular weight excluding hydrogens is 318 g/mol. The molecule has 1 aromatic carbocycles. The van der Waals surface area contributed by atoms with Crippen molar-refractivity contribution in [2.24, 2.45) is 18.7 Å². The Morgan fingerprint density at radius 3 is 2.72 bits per heavy atom. The van der Waals surface area contributed by atoms with Crippen LogP contribution in [0.15, 0.2) is 42.7 Å². The molecule has 1 fully saturated rings. The van der Waals surface area contributed by atoms with Gasteiger partial charge in [-0.2, -0.15) is 5.10 Å². The number of carbonyl (C=O) groups excluding carboxylic acids is 2. The lowest BCUT2D eigenvalue weighted by atomic mass is 9.94. The summed E-state index contributed by atoms with van der Waals surface area (Å²) in [6.07, 6.45) is 4.01. The van der Waals surface area contributed by atoms with E-state index in [4.69, 9.17) is 5.73 Å². The third kappa shape index (κ3) is 3.56. The largest absolute Gasteiger partial charge is 0.344 e. The van der Waals surface area contributed by atoms with Crippen LogP contribution >= 0.6 is 0 Å². The third-order valence-corrected chi connectivity index (χ3v) is 4.66. The molecule has 0 aliphatic carbocycles. The minimum absolute atomic E-state index is 0.109. The highest BCUT2D eigenvalue weighted by Crippen LogP contribution is 2.23. The Labute approximate surface area is 146 Å².